The largest absolute Gasteiger partial charge is 0.299 e. The molecule has 0 radical (unpaired) electrons. The van der Waals surface area contributed by atoms with E-state index in [0.717, 1.165) is 5.56 Å². The molecule has 0 fully saturated rings. The Morgan fingerprint density at radius 2 is 1.67 bits per heavy atom. The van der Waals surface area contributed by atoms with Gasteiger partial charge in [-0.2, -0.15) is 0 Å². The van der Waals surface area contributed by atoms with E-state index in [1.165, 1.54) is 5.56 Å². The molecule has 0 aromatic heterocycles. The summed E-state index contributed by atoms with van der Waals surface area (Å²) < 4.78 is 0. The standard InChI is InChI=1S/C14H20O/c1-5-13(15)10-11-6-8-12(9-7-11)14(2,3)4/h6-9H,5,10H2,1-4H3. The summed E-state index contributed by atoms with van der Waals surface area (Å²) in [5, 5.41) is 0. The van der Waals surface area contributed by atoms with Gasteiger partial charge in [0.05, 0.1) is 0 Å². The molecule has 0 atom stereocenters. The van der Waals surface area contributed by atoms with Crippen LogP contribution in [0.4, 0.5) is 0 Å². The maximum atomic E-state index is 11.3. The van der Waals surface area contributed by atoms with Crippen LogP contribution in [0.5, 0.6) is 0 Å². The molecule has 0 aliphatic heterocycles. The van der Waals surface area contributed by atoms with Crippen molar-refractivity contribution in [1.29, 1.82) is 0 Å². The van der Waals surface area contributed by atoms with Gasteiger partial charge in [0, 0.05) is 12.8 Å². The summed E-state index contributed by atoms with van der Waals surface area (Å²) in [6.07, 6.45) is 1.20. The van der Waals surface area contributed by atoms with Crippen molar-refractivity contribution in [2.75, 3.05) is 0 Å². The molecule has 0 amide bonds. The maximum absolute atomic E-state index is 11.3. The zero-order chi connectivity index (χ0) is 11.5. The van der Waals surface area contributed by atoms with Crippen LogP contribution in [0.3, 0.4) is 0 Å². The first kappa shape index (κ1) is 12.0. The van der Waals surface area contributed by atoms with E-state index in [4.69, 9.17) is 0 Å². The highest BCUT2D eigenvalue weighted by Gasteiger charge is 2.12. The van der Waals surface area contributed by atoms with Gasteiger partial charge in [-0.1, -0.05) is 52.0 Å². The van der Waals surface area contributed by atoms with E-state index in [0.29, 0.717) is 18.6 Å². The van der Waals surface area contributed by atoms with Crippen molar-refractivity contribution in [2.24, 2.45) is 0 Å². The third-order valence-corrected chi connectivity index (χ3v) is 2.62. The third-order valence-electron chi connectivity index (χ3n) is 2.62. The zero-order valence-corrected chi connectivity index (χ0v) is 10.1. The number of hydrogen-bond acceptors (Lipinski definition) is 1. The molecule has 1 aromatic rings. The van der Waals surface area contributed by atoms with Gasteiger partial charge >= 0.3 is 0 Å². The monoisotopic (exact) mass is 204 g/mol. The summed E-state index contributed by atoms with van der Waals surface area (Å²) in [5.74, 6) is 0.304. The Kier molecular flexibility index (Phi) is 3.67. The van der Waals surface area contributed by atoms with Crippen LogP contribution in [0.25, 0.3) is 0 Å². The lowest BCUT2D eigenvalue weighted by atomic mass is 9.86. The highest BCUT2D eigenvalue weighted by atomic mass is 16.1. The topological polar surface area (TPSA) is 17.1 Å². The van der Waals surface area contributed by atoms with E-state index >= 15 is 0 Å². The highest BCUT2D eigenvalue weighted by Crippen LogP contribution is 2.22. The number of rotatable bonds is 3. The summed E-state index contributed by atoms with van der Waals surface area (Å²) in [6, 6.07) is 8.37. The van der Waals surface area contributed by atoms with Crippen LogP contribution in [0.1, 0.15) is 45.2 Å². The van der Waals surface area contributed by atoms with E-state index in [-0.39, 0.29) is 5.41 Å². The molecule has 1 aromatic carbocycles. The average molecular weight is 204 g/mol. The smallest absolute Gasteiger partial charge is 0.136 e. The zero-order valence-electron chi connectivity index (χ0n) is 10.1. The molecule has 0 N–H and O–H groups in total. The second kappa shape index (κ2) is 4.61. The number of benzene rings is 1. The lowest BCUT2D eigenvalue weighted by molar-refractivity contribution is -0.118. The van der Waals surface area contributed by atoms with Crippen LogP contribution in [0, 0.1) is 0 Å². The number of carbonyl (C=O) groups excluding carboxylic acids is 1. The summed E-state index contributed by atoms with van der Waals surface area (Å²) in [7, 11) is 0. The predicted octanol–water partition coefficient (Wildman–Crippen LogP) is 3.51. The molecule has 0 spiro atoms. The fourth-order valence-electron chi connectivity index (χ4n) is 1.48. The molecule has 0 unspecified atom stereocenters. The highest BCUT2D eigenvalue weighted by molar-refractivity contribution is 5.80. The van der Waals surface area contributed by atoms with Crippen molar-refractivity contribution in [3.8, 4) is 0 Å². The Hall–Kier alpha value is -1.11. The first-order valence-corrected chi connectivity index (χ1v) is 5.54. The van der Waals surface area contributed by atoms with Gasteiger partial charge in [0.1, 0.15) is 5.78 Å². The molecule has 15 heavy (non-hydrogen) atoms. The van der Waals surface area contributed by atoms with Crippen LogP contribution in [0.2, 0.25) is 0 Å². The molecule has 1 heteroatoms. The van der Waals surface area contributed by atoms with E-state index in [1.54, 1.807) is 0 Å². The Labute approximate surface area is 92.5 Å². The molecule has 0 aliphatic rings. The summed E-state index contributed by atoms with van der Waals surface area (Å²) >= 11 is 0. The van der Waals surface area contributed by atoms with Crippen molar-refractivity contribution in [2.45, 2.75) is 46.0 Å². The van der Waals surface area contributed by atoms with E-state index in [2.05, 4.69) is 45.0 Å². The van der Waals surface area contributed by atoms with Crippen molar-refractivity contribution >= 4 is 5.78 Å². The molecular weight excluding hydrogens is 184 g/mol. The van der Waals surface area contributed by atoms with Gasteiger partial charge in [0.25, 0.3) is 0 Å². The molecule has 0 saturated heterocycles. The number of hydrogen-bond donors (Lipinski definition) is 0. The summed E-state index contributed by atoms with van der Waals surface area (Å²) in [6.45, 7) is 8.49. The molecule has 0 saturated carbocycles. The molecule has 0 heterocycles. The van der Waals surface area contributed by atoms with E-state index in [1.807, 2.05) is 6.92 Å². The molecule has 1 nitrogen and oxygen atoms in total. The summed E-state index contributed by atoms with van der Waals surface area (Å²) in [4.78, 5) is 11.3. The lowest BCUT2D eigenvalue weighted by Gasteiger charge is -2.19. The minimum absolute atomic E-state index is 0.188. The molecule has 1 rings (SSSR count). The summed E-state index contributed by atoms with van der Waals surface area (Å²) in [5.41, 5.74) is 2.62. The van der Waals surface area contributed by atoms with Crippen LogP contribution < -0.4 is 0 Å². The second-order valence-corrected chi connectivity index (χ2v) is 5.02. The second-order valence-electron chi connectivity index (χ2n) is 5.02. The minimum Gasteiger partial charge on any atom is -0.299 e. The Balaban J connectivity index is 2.77. The molecule has 82 valence electrons. The predicted molar refractivity (Wildman–Crippen MR) is 64.1 cm³/mol. The number of ketones is 1. The molecule has 0 bridgehead atoms. The fraction of sp³-hybridized carbons (Fsp3) is 0.500. The average Bonchev–Trinajstić information content (AvgIpc) is 2.17. The van der Waals surface area contributed by atoms with E-state index < -0.39 is 0 Å². The van der Waals surface area contributed by atoms with Gasteiger partial charge in [0.15, 0.2) is 0 Å². The van der Waals surface area contributed by atoms with Gasteiger partial charge < -0.3 is 0 Å². The molecular formula is C14H20O. The number of Topliss-reactive ketones (excluding diaryl/α,β-unsaturated/α-hetero) is 1. The minimum atomic E-state index is 0.188. The van der Waals surface area contributed by atoms with E-state index in [9.17, 15) is 4.79 Å². The maximum Gasteiger partial charge on any atom is 0.136 e. The number of carbonyl (C=O) groups is 1. The van der Waals surface area contributed by atoms with Gasteiger partial charge in [0.2, 0.25) is 0 Å². The Bertz CT molecular complexity index is 327. The fourth-order valence-corrected chi connectivity index (χ4v) is 1.48. The van der Waals surface area contributed by atoms with Gasteiger partial charge in [-0.05, 0) is 16.5 Å². The van der Waals surface area contributed by atoms with Crippen LogP contribution in [0.15, 0.2) is 24.3 Å². The Morgan fingerprint density at radius 1 is 1.13 bits per heavy atom. The molecule has 0 aliphatic carbocycles. The SMILES string of the molecule is CCC(=O)Cc1ccc(C(C)(C)C)cc1. The van der Waals surface area contributed by atoms with Crippen molar-refractivity contribution < 1.29 is 4.79 Å². The van der Waals surface area contributed by atoms with Crippen LogP contribution >= 0.6 is 0 Å². The third kappa shape index (κ3) is 3.50. The van der Waals surface area contributed by atoms with Crippen molar-refractivity contribution in [1.82, 2.24) is 0 Å². The normalized spacial score (nSPS) is 11.5. The van der Waals surface area contributed by atoms with Crippen LogP contribution in [-0.2, 0) is 16.6 Å². The Morgan fingerprint density at radius 3 is 2.07 bits per heavy atom. The van der Waals surface area contributed by atoms with Gasteiger partial charge in [-0.3, -0.25) is 4.79 Å². The van der Waals surface area contributed by atoms with Gasteiger partial charge in [-0.15, -0.1) is 0 Å². The van der Waals surface area contributed by atoms with Crippen LogP contribution in [-0.4, -0.2) is 5.78 Å². The first-order chi connectivity index (χ1) is 6.93. The van der Waals surface area contributed by atoms with Gasteiger partial charge in [-0.25, -0.2) is 0 Å². The first-order valence-electron chi connectivity index (χ1n) is 5.54. The van der Waals surface area contributed by atoms with Crippen molar-refractivity contribution in [3.05, 3.63) is 35.4 Å². The van der Waals surface area contributed by atoms with Crippen molar-refractivity contribution in [3.63, 3.8) is 0 Å². The quantitative estimate of drug-likeness (QED) is 0.736. The lowest BCUT2D eigenvalue weighted by Crippen LogP contribution is -2.11.